The molecule has 0 amide bonds. The summed E-state index contributed by atoms with van der Waals surface area (Å²) < 4.78 is 82.8. The third kappa shape index (κ3) is 4.39. The zero-order valence-corrected chi connectivity index (χ0v) is 10.2. The third-order valence-corrected chi connectivity index (χ3v) is 2.07. The van der Waals surface area contributed by atoms with E-state index in [2.05, 4.69) is 9.47 Å². The van der Waals surface area contributed by atoms with Gasteiger partial charge in [0.2, 0.25) is 0 Å². The average molecular weight is 319 g/mol. The second kappa shape index (κ2) is 5.66. The number of rotatable bonds is 4. The molecule has 0 N–H and O–H groups in total. The first-order valence-electron chi connectivity index (χ1n) is 5.24. The first-order valence-corrected chi connectivity index (χ1v) is 5.24. The van der Waals surface area contributed by atoms with Crippen molar-refractivity contribution in [1.29, 1.82) is 0 Å². The molecule has 0 aliphatic carbocycles. The summed E-state index contributed by atoms with van der Waals surface area (Å²) in [5, 5.41) is 10.6. The molecule has 1 aromatic rings. The Labute approximate surface area is 113 Å². The minimum absolute atomic E-state index is 0.0405. The van der Waals surface area contributed by atoms with Gasteiger partial charge in [-0.15, -0.1) is 13.2 Å². The maximum Gasteiger partial charge on any atom is 0.573 e. The second-order valence-corrected chi connectivity index (χ2v) is 3.55. The van der Waals surface area contributed by atoms with Crippen LogP contribution in [0.3, 0.4) is 0 Å². The highest BCUT2D eigenvalue weighted by molar-refractivity contribution is 5.55. The van der Waals surface area contributed by atoms with Crippen LogP contribution in [0.4, 0.5) is 32.0 Å². The van der Waals surface area contributed by atoms with Crippen molar-refractivity contribution < 1.29 is 40.7 Å². The predicted octanol–water partition coefficient (Wildman–Crippen LogP) is 3.91. The SMILES string of the molecule is CCOc1cc([N+](=O)[O-])cc(OC(F)(F)F)c1C(F)(F)F. The molecular formula is C10H7F6NO4. The lowest BCUT2D eigenvalue weighted by Crippen LogP contribution is -2.21. The van der Waals surface area contributed by atoms with Crippen molar-refractivity contribution in [3.8, 4) is 11.5 Å². The monoisotopic (exact) mass is 319 g/mol. The predicted molar refractivity (Wildman–Crippen MR) is 56.0 cm³/mol. The summed E-state index contributed by atoms with van der Waals surface area (Å²) in [5.74, 6) is -2.86. The fraction of sp³-hybridized carbons (Fsp3) is 0.400. The van der Waals surface area contributed by atoms with E-state index in [9.17, 15) is 36.5 Å². The Kier molecular flexibility index (Phi) is 4.54. The molecule has 0 heterocycles. The molecule has 11 heteroatoms. The molecule has 0 spiro atoms. The van der Waals surface area contributed by atoms with E-state index in [4.69, 9.17) is 0 Å². The highest BCUT2D eigenvalue weighted by Gasteiger charge is 2.43. The second-order valence-electron chi connectivity index (χ2n) is 3.55. The van der Waals surface area contributed by atoms with E-state index in [-0.39, 0.29) is 12.7 Å². The Bertz CT molecular complexity index is 540. The molecule has 0 aliphatic rings. The highest BCUT2D eigenvalue weighted by atomic mass is 19.4. The van der Waals surface area contributed by atoms with Crippen LogP contribution in [0.15, 0.2) is 12.1 Å². The number of nitrogens with zero attached hydrogens (tertiary/aromatic N) is 1. The van der Waals surface area contributed by atoms with Gasteiger partial charge in [-0.1, -0.05) is 0 Å². The first kappa shape index (κ1) is 16.9. The van der Waals surface area contributed by atoms with E-state index in [1.54, 1.807) is 0 Å². The Hall–Kier alpha value is -2.20. The van der Waals surface area contributed by atoms with Crippen molar-refractivity contribution in [3.05, 3.63) is 27.8 Å². The van der Waals surface area contributed by atoms with Gasteiger partial charge in [-0.2, -0.15) is 13.2 Å². The van der Waals surface area contributed by atoms with Gasteiger partial charge in [-0.3, -0.25) is 10.1 Å². The Morgan fingerprint density at radius 2 is 1.67 bits per heavy atom. The van der Waals surface area contributed by atoms with Crippen LogP contribution in [0, 0.1) is 10.1 Å². The van der Waals surface area contributed by atoms with Gasteiger partial charge in [-0.25, -0.2) is 0 Å². The number of hydrogen-bond donors (Lipinski definition) is 0. The van der Waals surface area contributed by atoms with E-state index in [0.29, 0.717) is 6.07 Å². The van der Waals surface area contributed by atoms with Crippen LogP contribution in [0.1, 0.15) is 12.5 Å². The van der Waals surface area contributed by atoms with Gasteiger partial charge in [0.25, 0.3) is 5.69 Å². The molecule has 0 atom stereocenters. The van der Waals surface area contributed by atoms with Gasteiger partial charge in [0, 0.05) is 0 Å². The van der Waals surface area contributed by atoms with E-state index in [1.165, 1.54) is 6.92 Å². The van der Waals surface area contributed by atoms with E-state index in [1.807, 2.05) is 0 Å². The smallest absolute Gasteiger partial charge is 0.493 e. The normalized spacial score (nSPS) is 12.1. The van der Waals surface area contributed by atoms with Gasteiger partial charge >= 0.3 is 12.5 Å². The molecule has 0 aliphatic heterocycles. The first-order chi connectivity index (χ1) is 9.45. The van der Waals surface area contributed by atoms with Crippen LogP contribution in [0.5, 0.6) is 11.5 Å². The standard InChI is InChI=1S/C10H7F6NO4/c1-2-20-6-3-5(17(18)19)4-7(21-10(14,15)16)8(6)9(11,12)13/h3-4H,2H2,1H3. The van der Waals surface area contributed by atoms with Gasteiger partial charge in [0.15, 0.2) is 5.75 Å². The van der Waals surface area contributed by atoms with E-state index >= 15 is 0 Å². The Balaban J connectivity index is 3.58. The molecule has 0 saturated carbocycles. The summed E-state index contributed by atoms with van der Waals surface area (Å²) in [6, 6.07) is 0.425. The van der Waals surface area contributed by atoms with Crippen LogP contribution >= 0.6 is 0 Å². The molecule has 21 heavy (non-hydrogen) atoms. The van der Waals surface area contributed by atoms with Crippen molar-refractivity contribution in [2.24, 2.45) is 0 Å². The molecule has 0 saturated heterocycles. The minimum atomic E-state index is -5.45. The van der Waals surface area contributed by atoms with Crippen LogP contribution in [0.2, 0.25) is 0 Å². The molecule has 0 fully saturated rings. The van der Waals surface area contributed by atoms with Gasteiger partial charge in [0.05, 0.1) is 23.7 Å². The zero-order chi connectivity index (χ0) is 16.4. The largest absolute Gasteiger partial charge is 0.573 e. The molecule has 118 valence electrons. The quantitative estimate of drug-likeness (QED) is 0.479. The lowest BCUT2D eigenvalue weighted by atomic mass is 10.1. The zero-order valence-electron chi connectivity index (χ0n) is 10.2. The number of ether oxygens (including phenoxy) is 2. The highest BCUT2D eigenvalue weighted by Crippen LogP contribution is 2.46. The van der Waals surface area contributed by atoms with Gasteiger partial charge in [-0.05, 0) is 6.92 Å². The maximum absolute atomic E-state index is 12.8. The Morgan fingerprint density at radius 3 is 2.05 bits per heavy atom. The number of nitro benzene ring substituents is 1. The molecule has 0 bridgehead atoms. The lowest BCUT2D eigenvalue weighted by Gasteiger charge is -2.18. The fourth-order valence-corrected chi connectivity index (χ4v) is 1.44. The molecule has 0 radical (unpaired) electrons. The third-order valence-electron chi connectivity index (χ3n) is 2.07. The fourth-order valence-electron chi connectivity index (χ4n) is 1.44. The van der Waals surface area contributed by atoms with Crippen molar-refractivity contribution >= 4 is 5.69 Å². The number of non-ortho nitro benzene ring substituents is 1. The van der Waals surface area contributed by atoms with Crippen LogP contribution in [0.25, 0.3) is 0 Å². The number of hydrogen-bond acceptors (Lipinski definition) is 4. The van der Waals surface area contributed by atoms with E-state index in [0.717, 1.165) is 0 Å². The number of halogens is 6. The summed E-state index contributed by atoms with van der Waals surface area (Å²) in [7, 11) is 0. The number of nitro groups is 1. The van der Waals surface area contributed by atoms with Crippen molar-refractivity contribution in [2.75, 3.05) is 6.61 Å². The summed E-state index contributed by atoms with van der Waals surface area (Å²) in [6.45, 7) is 0.930. The Morgan fingerprint density at radius 1 is 1.14 bits per heavy atom. The molecule has 0 aromatic heterocycles. The molecule has 5 nitrogen and oxygen atoms in total. The van der Waals surface area contributed by atoms with Gasteiger partial charge < -0.3 is 9.47 Å². The van der Waals surface area contributed by atoms with Crippen LogP contribution < -0.4 is 9.47 Å². The molecule has 1 aromatic carbocycles. The summed E-state index contributed by atoms with van der Waals surface area (Å²) in [6.07, 6.45) is -10.7. The maximum atomic E-state index is 12.8. The van der Waals surface area contributed by atoms with Crippen LogP contribution in [-0.2, 0) is 6.18 Å². The van der Waals surface area contributed by atoms with Crippen molar-refractivity contribution in [1.82, 2.24) is 0 Å². The molecule has 0 unspecified atom stereocenters. The number of benzene rings is 1. The average Bonchev–Trinajstić information content (AvgIpc) is 2.24. The summed E-state index contributed by atoms with van der Waals surface area (Å²) in [4.78, 5) is 9.41. The minimum Gasteiger partial charge on any atom is -0.493 e. The molecule has 1 rings (SSSR count). The lowest BCUT2D eigenvalue weighted by molar-refractivity contribution is -0.385. The summed E-state index contributed by atoms with van der Waals surface area (Å²) >= 11 is 0. The topological polar surface area (TPSA) is 61.6 Å². The summed E-state index contributed by atoms with van der Waals surface area (Å²) in [5.41, 5.74) is -2.89. The number of alkyl halides is 6. The van der Waals surface area contributed by atoms with Crippen LogP contribution in [-0.4, -0.2) is 17.9 Å². The molecular weight excluding hydrogens is 312 g/mol. The van der Waals surface area contributed by atoms with Crippen molar-refractivity contribution in [2.45, 2.75) is 19.5 Å². The van der Waals surface area contributed by atoms with Gasteiger partial charge in [0.1, 0.15) is 11.3 Å². The van der Waals surface area contributed by atoms with Crippen molar-refractivity contribution in [3.63, 3.8) is 0 Å². The van der Waals surface area contributed by atoms with E-state index < -0.39 is 40.2 Å².